The Kier molecular flexibility index (Phi) is 4.48. The highest BCUT2D eigenvalue weighted by molar-refractivity contribution is 6.00. The second-order valence-electron chi connectivity index (χ2n) is 9.17. The van der Waals surface area contributed by atoms with Gasteiger partial charge >= 0.3 is 0 Å². The van der Waals surface area contributed by atoms with Gasteiger partial charge in [0, 0.05) is 49.4 Å². The number of carbonyl (C=O) groups is 1. The Bertz CT molecular complexity index is 1400. The number of aromatic nitrogens is 4. The van der Waals surface area contributed by atoms with Gasteiger partial charge in [0.1, 0.15) is 16.9 Å². The number of carbonyl (C=O) groups excluding carboxylic acids is 1. The molecule has 2 aliphatic rings. The van der Waals surface area contributed by atoms with Crippen molar-refractivity contribution in [1.82, 2.24) is 24.0 Å². The van der Waals surface area contributed by atoms with E-state index in [0.29, 0.717) is 17.2 Å². The van der Waals surface area contributed by atoms with Crippen molar-refractivity contribution < 1.29 is 9.53 Å². The summed E-state index contributed by atoms with van der Waals surface area (Å²) in [5.41, 5.74) is 10.5. The van der Waals surface area contributed by atoms with E-state index in [2.05, 4.69) is 28.6 Å². The van der Waals surface area contributed by atoms with Crippen LogP contribution < -0.4 is 10.5 Å². The van der Waals surface area contributed by atoms with Crippen LogP contribution in [0.1, 0.15) is 30.1 Å². The summed E-state index contributed by atoms with van der Waals surface area (Å²) in [5, 5.41) is 1.07. The van der Waals surface area contributed by atoms with Crippen LogP contribution in [0.25, 0.3) is 33.6 Å². The van der Waals surface area contributed by atoms with E-state index in [0.717, 1.165) is 59.5 Å². The third kappa shape index (κ3) is 2.83. The first-order valence-electron chi connectivity index (χ1n) is 11.6. The molecule has 1 saturated carbocycles. The lowest BCUT2D eigenvalue weighted by molar-refractivity contribution is 0.0700. The smallest absolute Gasteiger partial charge is 0.254 e. The van der Waals surface area contributed by atoms with Crippen LogP contribution in [0.3, 0.4) is 0 Å². The highest BCUT2D eigenvalue weighted by Gasteiger charge is 2.47. The lowest BCUT2D eigenvalue weighted by Gasteiger charge is -2.27. The first-order chi connectivity index (χ1) is 16.0. The molecule has 1 unspecified atom stereocenters. The Morgan fingerprint density at radius 3 is 2.82 bits per heavy atom. The van der Waals surface area contributed by atoms with E-state index in [1.54, 1.807) is 7.11 Å². The number of methoxy groups -OCH3 is 1. The molecule has 3 aromatic heterocycles. The van der Waals surface area contributed by atoms with Crippen molar-refractivity contribution in [1.29, 1.82) is 0 Å². The molecular formula is C25H28N6O2. The van der Waals surface area contributed by atoms with Crippen LogP contribution in [0.2, 0.25) is 0 Å². The molecule has 8 heteroatoms. The van der Waals surface area contributed by atoms with Crippen LogP contribution in [0.4, 0.5) is 0 Å². The van der Waals surface area contributed by atoms with Gasteiger partial charge in [0.05, 0.1) is 18.3 Å². The number of rotatable bonds is 4. The number of nitrogens with two attached hydrogens (primary N) is 1. The molecule has 6 rings (SSSR count). The number of ether oxygens (including phenoxy) is 1. The van der Waals surface area contributed by atoms with Crippen LogP contribution in [0, 0.1) is 5.92 Å². The molecule has 1 saturated heterocycles. The van der Waals surface area contributed by atoms with Gasteiger partial charge in [-0.05, 0) is 56.0 Å². The molecule has 1 amide bonds. The number of benzene rings is 1. The van der Waals surface area contributed by atoms with Crippen molar-refractivity contribution in [2.45, 2.75) is 38.4 Å². The second-order valence-corrected chi connectivity index (χ2v) is 9.17. The largest absolute Gasteiger partial charge is 0.494 e. The number of imidazole rings is 1. The molecule has 2 fully saturated rings. The molecular weight excluding hydrogens is 416 g/mol. The zero-order valence-electron chi connectivity index (χ0n) is 19.2. The highest BCUT2D eigenvalue weighted by atomic mass is 16.5. The minimum Gasteiger partial charge on any atom is -0.494 e. The summed E-state index contributed by atoms with van der Waals surface area (Å²) in [4.78, 5) is 24.9. The van der Waals surface area contributed by atoms with Crippen molar-refractivity contribution in [2.24, 2.45) is 18.7 Å². The normalized spacial score (nSPS) is 22.1. The zero-order valence-corrected chi connectivity index (χ0v) is 19.2. The monoisotopic (exact) mass is 444 g/mol. The summed E-state index contributed by atoms with van der Waals surface area (Å²) in [6, 6.07) is 10.1. The summed E-state index contributed by atoms with van der Waals surface area (Å²) in [6.45, 7) is 3.62. The first-order valence-corrected chi connectivity index (χ1v) is 11.6. The topological polar surface area (TPSA) is 91.2 Å². The van der Waals surface area contributed by atoms with Crippen LogP contribution in [-0.4, -0.2) is 55.6 Å². The van der Waals surface area contributed by atoms with E-state index in [4.69, 9.17) is 15.5 Å². The Hall–Kier alpha value is -3.39. The number of hydrogen-bond acceptors (Lipinski definition) is 5. The van der Waals surface area contributed by atoms with Gasteiger partial charge in [-0.15, -0.1) is 0 Å². The lowest BCUT2D eigenvalue weighted by Crippen LogP contribution is -2.41. The lowest BCUT2D eigenvalue weighted by atomic mass is 10.1. The summed E-state index contributed by atoms with van der Waals surface area (Å²) in [5.74, 6) is 1.88. The quantitative estimate of drug-likeness (QED) is 0.522. The van der Waals surface area contributed by atoms with Crippen LogP contribution in [-0.2, 0) is 13.6 Å². The Morgan fingerprint density at radius 2 is 2.12 bits per heavy atom. The number of nitrogens with zero attached hydrogens (tertiary/aromatic N) is 5. The van der Waals surface area contributed by atoms with Crippen LogP contribution >= 0.6 is 0 Å². The number of amides is 1. The van der Waals surface area contributed by atoms with E-state index in [1.807, 2.05) is 40.9 Å². The van der Waals surface area contributed by atoms with Gasteiger partial charge in [0.15, 0.2) is 5.82 Å². The van der Waals surface area contributed by atoms with Crippen molar-refractivity contribution in [2.75, 3.05) is 13.7 Å². The minimum atomic E-state index is 0.0110. The van der Waals surface area contributed by atoms with E-state index < -0.39 is 0 Å². The average Bonchev–Trinajstić information content (AvgIpc) is 3.57. The third-order valence-corrected chi connectivity index (χ3v) is 7.52. The summed E-state index contributed by atoms with van der Waals surface area (Å²) < 4.78 is 9.94. The molecule has 33 heavy (non-hydrogen) atoms. The molecule has 0 radical (unpaired) electrons. The third-order valence-electron chi connectivity index (χ3n) is 7.52. The number of hydrogen-bond donors (Lipinski definition) is 1. The predicted molar refractivity (Wildman–Crippen MR) is 127 cm³/mol. The van der Waals surface area contributed by atoms with Gasteiger partial charge in [0.25, 0.3) is 5.91 Å². The van der Waals surface area contributed by atoms with Gasteiger partial charge in [-0.25, -0.2) is 9.97 Å². The van der Waals surface area contributed by atoms with E-state index in [9.17, 15) is 4.79 Å². The van der Waals surface area contributed by atoms with Crippen molar-refractivity contribution in [3.8, 4) is 17.3 Å². The fraction of sp³-hybridized carbons (Fsp3) is 0.400. The molecule has 1 aromatic carbocycles. The minimum absolute atomic E-state index is 0.0110. The van der Waals surface area contributed by atoms with Crippen LogP contribution in [0.15, 0.2) is 36.5 Å². The maximum absolute atomic E-state index is 13.4. The predicted octanol–water partition coefficient (Wildman–Crippen LogP) is 3.18. The number of piperidine rings is 1. The SMILES string of the molecule is CCn1c(-c2nc3cc(C(=O)N4C[C@H]5CCC4[C@@H]5N)cc(OC)c3n2C)cc2cccnc21. The Balaban J connectivity index is 1.48. The fourth-order valence-corrected chi connectivity index (χ4v) is 5.86. The summed E-state index contributed by atoms with van der Waals surface area (Å²) >= 11 is 0. The molecule has 8 nitrogen and oxygen atoms in total. The Labute approximate surface area is 192 Å². The van der Waals surface area contributed by atoms with Gasteiger partial charge < -0.3 is 24.5 Å². The molecule has 4 heterocycles. The molecule has 1 aliphatic heterocycles. The molecule has 0 spiro atoms. The van der Waals surface area contributed by atoms with E-state index in [-0.39, 0.29) is 18.0 Å². The number of fused-ring (bicyclic) bond motifs is 4. The summed E-state index contributed by atoms with van der Waals surface area (Å²) in [7, 11) is 3.62. The van der Waals surface area contributed by atoms with Crippen LogP contribution in [0.5, 0.6) is 5.75 Å². The number of pyridine rings is 1. The highest BCUT2D eigenvalue weighted by Crippen LogP contribution is 2.39. The van der Waals surface area contributed by atoms with Gasteiger partial charge in [-0.3, -0.25) is 4.79 Å². The molecule has 4 aromatic rings. The maximum atomic E-state index is 13.4. The number of likely N-dealkylation sites (tertiary alicyclic amines) is 1. The molecule has 170 valence electrons. The zero-order chi connectivity index (χ0) is 22.9. The second kappa shape index (κ2) is 7.31. The average molecular weight is 445 g/mol. The first kappa shape index (κ1) is 20.2. The van der Waals surface area contributed by atoms with Gasteiger partial charge in [-0.2, -0.15) is 0 Å². The van der Waals surface area contributed by atoms with Crippen molar-refractivity contribution in [3.63, 3.8) is 0 Å². The van der Waals surface area contributed by atoms with Crippen molar-refractivity contribution in [3.05, 3.63) is 42.1 Å². The molecule has 2 bridgehead atoms. The fourth-order valence-electron chi connectivity index (χ4n) is 5.86. The van der Waals surface area contributed by atoms with Gasteiger partial charge in [0.2, 0.25) is 0 Å². The molecule has 3 atom stereocenters. The number of aryl methyl sites for hydroxylation is 2. The maximum Gasteiger partial charge on any atom is 0.254 e. The Morgan fingerprint density at radius 1 is 1.27 bits per heavy atom. The van der Waals surface area contributed by atoms with E-state index >= 15 is 0 Å². The van der Waals surface area contributed by atoms with Gasteiger partial charge in [-0.1, -0.05) is 0 Å². The van der Waals surface area contributed by atoms with Crippen molar-refractivity contribution >= 4 is 28.0 Å². The summed E-state index contributed by atoms with van der Waals surface area (Å²) in [6.07, 6.45) is 3.91. The molecule has 2 N–H and O–H groups in total. The standard InChI is InChI=1S/C25H28N6O2/c1-4-30-19(11-14-6-5-9-27-23(14)30)24-28-17-10-16(12-20(33-3)22(17)29(24)2)25(32)31-13-15-7-8-18(31)21(15)26/h5-6,9-12,15,18,21H,4,7-8,13,26H2,1-3H3/t15-,18?,21-/m1/s1. The molecule has 1 aliphatic carbocycles. The van der Waals surface area contributed by atoms with E-state index in [1.165, 1.54) is 0 Å².